The SMILES string of the molecule is O=S(=O)(c1ccccc1)C1C=Cc2cc(CBr)ccc21. The summed E-state index contributed by atoms with van der Waals surface area (Å²) in [5, 5.41) is 0.189. The van der Waals surface area contributed by atoms with Crippen molar-refractivity contribution in [3.63, 3.8) is 0 Å². The maximum absolute atomic E-state index is 12.7. The van der Waals surface area contributed by atoms with Crippen LogP contribution in [0.2, 0.25) is 0 Å². The molecular weight excluding hydrogens is 336 g/mol. The smallest absolute Gasteiger partial charge is 0.188 e. The van der Waals surface area contributed by atoms with Gasteiger partial charge in [-0.05, 0) is 28.8 Å². The van der Waals surface area contributed by atoms with E-state index < -0.39 is 15.1 Å². The number of rotatable bonds is 3. The third-order valence-corrected chi connectivity index (χ3v) is 6.13. The van der Waals surface area contributed by atoms with Gasteiger partial charge in [0.25, 0.3) is 0 Å². The van der Waals surface area contributed by atoms with Crippen LogP contribution in [0.5, 0.6) is 0 Å². The van der Waals surface area contributed by atoms with Gasteiger partial charge in [0.1, 0.15) is 5.25 Å². The summed E-state index contributed by atoms with van der Waals surface area (Å²) in [6.07, 6.45) is 3.66. The van der Waals surface area contributed by atoms with Crippen LogP contribution in [0, 0.1) is 0 Å². The van der Waals surface area contributed by atoms with Crippen molar-refractivity contribution in [3.8, 4) is 0 Å². The van der Waals surface area contributed by atoms with E-state index in [4.69, 9.17) is 0 Å². The fraction of sp³-hybridized carbons (Fsp3) is 0.125. The van der Waals surface area contributed by atoms with Gasteiger partial charge in [-0.3, -0.25) is 0 Å². The van der Waals surface area contributed by atoms with Gasteiger partial charge in [0.2, 0.25) is 0 Å². The number of halogens is 1. The largest absolute Gasteiger partial charge is 0.223 e. The van der Waals surface area contributed by atoms with Crippen molar-refractivity contribution in [3.05, 3.63) is 71.3 Å². The molecule has 0 radical (unpaired) electrons. The lowest BCUT2D eigenvalue weighted by molar-refractivity contribution is 0.591. The fourth-order valence-corrected chi connectivity index (χ4v) is 4.45. The van der Waals surface area contributed by atoms with Crippen LogP contribution < -0.4 is 0 Å². The van der Waals surface area contributed by atoms with Crippen LogP contribution in [-0.2, 0) is 15.2 Å². The maximum atomic E-state index is 12.7. The van der Waals surface area contributed by atoms with E-state index in [2.05, 4.69) is 15.9 Å². The molecule has 1 aliphatic rings. The molecule has 20 heavy (non-hydrogen) atoms. The summed E-state index contributed by atoms with van der Waals surface area (Å²) < 4.78 is 25.4. The molecule has 0 saturated heterocycles. The first-order valence-corrected chi connectivity index (χ1v) is 8.95. The van der Waals surface area contributed by atoms with Crippen LogP contribution in [0.15, 0.2) is 59.5 Å². The maximum Gasteiger partial charge on any atom is 0.188 e. The van der Waals surface area contributed by atoms with E-state index in [1.165, 1.54) is 0 Å². The predicted molar refractivity (Wildman–Crippen MR) is 84.5 cm³/mol. The number of hydrogen-bond donors (Lipinski definition) is 0. The molecule has 0 aromatic heterocycles. The fourth-order valence-electron chi connectivity index (χ4n) is 2.43. The third-order valence-electron chi connectivity index (χ3n) is 3.47. The minimum absolute atomic E-state index is 0.368. The summed E-state index contributed by atoms with van der Waals surface area (Å²) in [6.45, 7) is 0. The lowest BCUT2D eigenvalue weighted by Crippen LogP contribution is -2.10. The molecule has 0 aliphatic heterocycles. The van der Waals surface area contributed by atoms with Crippen molar-refractivity contribution < 1.29 is 8.42 Å². The van der Waals surface area contributed by atoms with Gasteiger partial charge in [0.05, 0.1) is 4.90 Å². The quantitative estimate of drug-likeness (QED) is 0.781. The molecule has 1 aliphatic carbocycles. The summed E-state index contributed by atoms with van der Waals surface area (Å²) in [5.41, 5.74) is 3.00. The summed E-state index contributed by atoms with van der Waals surface area (Å²) in [5.74, 6) is 0. The zero-order valence-corrected chi connectivity index (χ0v) is 13.1. The van der Waals surface area contributed by atoms with E-state index in [1.807, 2.05) is 30.3 Å². The highest BCUT2D eigenvalue weighted by Gasteiger charge is 2.31. The van der Waals surface area contributed by atoms with Crippen LogP contribution in [0.25, 0.3) is 6.08 Å². The van der Waals surface area contributed by atoms with Crippen molar-refractivity contribution in [2.75, 3.05) is 0 Å². The Hall–Kier alpha value is -1.39. The van der Waals surface area contributed by atoms with E-state index in [0.717, 1.165) is 22.0 Å². The molecule has 0 fully saturated rings. The normalized spacial score (nSPS) is 17.1. The van der Waals surface area contributed by atoms with Crippen molar-refractivity contribution >= 4 is 31.8 Å². The predicted octanol–water partition coefficient (Wildman–Crippen LogP) is 4.12. The van der Waals surface area contributed by atoms with Crippen LogP contribution in [-0.4, -0.2) is 8.42 Å². The van der Waals surface area contributed by atoms with Gasteiger partial charge >= 0.3 is 0 Å². The monoisotopic (exact) mass is 348 g/mol. The Morgan fingerprint density at radius 2 is 1.80 bits per heavy atom. The highest BCUT2D eigenvalue weighted by Crippen LogP contribution is 2.38. The molecule has 0 N–H and O–H groups in total. The van der Waals surface area contributed by atoms with E-state index in [0.29, 0.717) is 4.90 Å². The lowest BCUT2D eigenvalue weighted by Gasteiger charge is -2.13. The molecule has 4 heteroatoms. The average molecular weight is 349 g/mol. The minimum Gasteiger partial charge on any atom is -0.223 e. The zero-order valence-electron chi connectivity index (χ0n) is 10.7. The Labute approximate surface area is 127 Å². The molecule has 2 aromatic rings. The second-order valence-electron chi connectivity index (χ2n) is 4.73. The first-order valence-electron chi connectivity index (χ1n) is 6.29. The molecule has 2 nitrogen and oxygen atoms in total. The minimum atomic E-state index is -3.37. The van der Waals surface area contributed by atoms with Gasteiger partial charge < -0.3 is 0 Å². The van der Waals surface area contributed by atoms with Gasteiger partial charge in [0.15, 0.2) is 9.84 Å². The molecule has 0 saturated carbocycles. The van der Waals surface area contributed by atoms with Gasteiger partial charge in [0, 0.05) is 5.33 Å². The van der Waals surface area contributed by atoms with Crippen molar-refractivity contribution in [2.24, 2.45) is 0 Å². The van der Waals surface area contributed by atoms with Crippen LogP contribution in [0.1, 0.15) is 21.9 Å². The number of alkyl halides is 1. The number of hydrogen-bond acceptors (Lipinski definition) is 2. The second kappa shape index (κ2) is 5.19. The molecule has 102 valence electrons. The number of fused-ring (bicyclic) bond motifs is 1. The third kappa shape index (κ3) is 2.23. The zero-order chi connectivity index (χ0) is 14.2. The van der Waals surface area contributed by atoms with Gasteiger partial charge in [-0.15, -0.1) is 0 Å². The second-order valence-corrected chi connectivity index (χ2v) is 7.36. The van der Waals surface area contributed by atoms with E-state index in [1.54, 1.807) is 30.3 Å². The summed E-state index contributed by atoms with van der Waals surface area (Å²) in [4.78, 5) is 0.368. The van der Waals surface area contributed by atoms with Crippen molar-refractivity contribution in [1.29, 1.82) is 0 Å². The average Bonchev–Trinajstić information content (AvgIpc) is 2.91. The van der Waals surface area contributed by atoms with Crippen LogP contribution in [0.3, 0.4) is 0 Å². The van der Waals surface area contributed by atoms with Gasteiger partial charge in [-0.25, -0.2) is 8.42 Å². The summed E-state index contributed by atoms with van der Waals surface area (Å²) >= 11 is 3.41. The standard InChI is InChI=1S/C16H13BrO2S/c17-11-12-6-8-15-13(10-12)7-9-16(15)20(18,19)14-4-2-1-3-5-14/h1-10,16H,11H2. The van der Waals surface area contributed by atoms with Crippen molar-refractivity contribution in [1.82, 2.24) is 0 Å². The highest BCUT2D eigenvalue weighted by molar-refractivity contribution is 9.08. The number of sulfone groups is 1. The Kier molecular flexibility index (Phi) is 3.52. The van der Waals surface area contributed by atoms with Crippen molar-refractivity contribution in [2.45, 2.75) is 15.5 Å². The van der Waals surface area contributed by atoms with E-state index >= 15 is 0 Å². The van der Waals surface area contributed by atoms with Crippen LogP contribution in [0.4, 0.5) is 0 Å². The first kappa shape index (κ1) is 13.6. The molecule has 0 bridgehead atoms. The highest BCUT2D eigenvalue weighted by atomic mass is 79.9. The molecule has 0 spiro atoms. The number of benzene rings is 2. The Bertz CT molecular complexity index is 764. The molecule has 1 atom stereocenters. The van der Waals surface area contributed by atoms with Gasteiger partial charge in [-0.1, -0.05) is 64.5 Å². The Morgan fingerprint density at radius 1 is 1.05 bits per heavy atom. The first-order chi connectivity index (χ1) is 9.63. The van der Waals surface area contributed by atoms with E-state index in [-0.39, 0.29) is 0 Å². The van der Waals surface area contributed by atoms with Gasteiger partial charge in [-0.2, -0.15) is 0 Å². The van der Waals surface area contributed by atoms with Crippen LogP contribution >= 0.6 is 15.9 Å². The summed E-state index contributed by atoms with van der Waals surface area (Å²) in [6, 6.07) is 14.5. The van der Waals surface area contributed by atoms with E-state index in [9.17, 15) is 8.42 Å². The Balaban J connectivity index is 2.06. The molecule has 0 heterocycles. The molecular formula is C16H13BrO2S. The molecule has 1 unspecified atom stereocenters. The lowest BCUT2D eigenvalue weighted by atomic mass is 10.1. The molecule has 3 rings (SSSR count). The molecule has 0 amide bonds. The summed E-state index contributed by atoms with van der Waals surface area (Å²) in [7, 11) is -3.37. The topological polar surface area (TPSA) is 34.1 Å². The molecule has 2 aromatic carbocycles. The Morgan fingerprint density at radius 3 is 2.50 bits per heavy atom.